The third-order valence-electron chi connectivity index (χ3n) is 14.1. The van der Waals surface area contributed by atoms with Gasteiger partial charge in [0.2, 0.25) is 6.41 Å². The van der Waals surface area contributed by atoms with Gasteiger partial charge in [0.1, 0.15) is 30.2 Å². The highest BCUT2D eigenvalue weighted by Crippen LogP contribution is 2.34. The van der Waals surface area contributed by atoms with E-state index in [0.29, 0.717) is 37.7 Å². The maximum atomic E-state index is 13.7. The van der Waals surface area contributed by atoms with Crippen molar-refractivity contribution >= 4 is 24.1 Å². The van der Waals surface area contributed by atoms with Crippen LogP contribution in [0.15, 0.2) is 72.0 Å². The number of Topliss-reactive ketones (excluding diaryl/α,β-unsaturated/α-hetero) is 1. The highest BCUT2D eigenvalue weighted by molar-refractivity contribution is 5.84. The molecule has 0 spiro atoms. The number of hydrogen-bond donors (Lipinski definition) is 2. The summed E-state index contributed by atoms with van der Waals surface area (Å²) in [4.78, 5) is 52.7. The van der Waals surface area contributed by atoms with E-state index in [-0.39, 0.29) is 48.4 Å². The molecule has 0 aliphatic carbocycles. The van der Waals surface area contributed by atoms with Crippen molar-refractivity contribution in [3.8, 4) is 0 Å². The molecule has 0 fully saturated rings. The van der Waals surface area contributed by atoms with Crippen molar-refractivity contribution in [3.63, 3.8) is 0 Å². The van der Waals surface area contributed by atoms with Crippen LogP contribution >= 0.6 is 0 Å². The summed E-state index contributed by atoms with van der Waals surface area (Å²) >= 11 is 0. The van der Waals surface area contributed by atoms with Crippen LogP contribution in [0.2, 0.25) is 0 Å². The fraction of sp³-hybridized carbons (Fsp3) is 0.704. The van der Waals surface area contributed by atoms with Gasteiger partial charge >= 0.3 is 11.9 Å². The van der Waals surface area contributed by atoms with E-state index in [1.165, 1.54) is 31.3 Å². The quantitative estimate of drug-likeness (QED) is 0.0805. The van der Waals surface area contributed by atoms with Crippen molar-refractivity contribution in [1.82, 2.24) is 4.90 Å². The number of rotatable bonds is 19. The topological polar surface area (TPSA) is 195 Å². The van der Waals surface area contributed by atoms with Crippen LogP contribution in [0.5, 0.6) is 0 Å². The summed E-state index contributed by atoms with van der Waals surface area (Å²) in [5, 5.41) is 23.2. The Bertz CT molecular complexity index is 1780. The zero-order chi connectivity index (χ0) is 52.7. The lowest BCUT2D eigenvalue weighted by Gasteiger charge is -2.39. The number of hydrogen-bond acceptors (Lipinski definition) is 15. The van der Waals surface area contributed by atoms with Gasteiger partial charge in [0.15, 0.2) is 0 Å². The lowest BCUT2D eigenvalue weighted by Crippen LogP contribution is -2.50. The lowest BCUT2D eigenvalue weighted by molar-refractivity contribution is -0.162. The highest BCUT2D eigenvalue weighted by Gasteiger charge is 2.43. The molecule has 2 rings (SSSR count). The molecule has 2 aliphatic rings. The van der Waals surface area contributed by atoms with Crippen molar-refractivity contribution in [2.75, 3.05) is 56.8 Å². The Balaban J connectivity index is 2.55. The van der Waals surface area contributed by atoms with Crippen molar-refractivity contribution in [2.45, 2.75) is 154 Å². The number of aliphatic hydroxyl groups is 2. The van der Waals surface area contributed by atoms with Gasteiger partial charge < -0.3 is 57.7 Å². The van der Waals surface area contributed by atoms with Crippen LogP contribution in [0.3, 0.4) is 0 Å². The Morgan fingerprint density at radius 3 is 2.03 bits per heavy atom. The maximum absolute atomic E-state index is 13.7. The first-order chi connectivity index (χ1) is 33.2. The number of esters is 2. The predicted octanol–water partition coefficient (Wildman–Crippen LogP) is 6.53. The average Bonchev–Trinajstić information content (AvgIpc) is 3.34. The Hall–Kier alpha value is -3.84. The monoisotopic (exact) mass is 990 g/mol. The number of amides is 1. The predicted molar refractivity (Wildman–Crippen MR) is 267 cm³/mol. The smallest absolute Gasteiger partial charge is 0.331 e. The van der Waals surface area contributed by atoms with E-state index in [9.17, 15) is 29.4 Å². The molecule has 2 heterocycles. The fourth-order valence-corrected chi connectivity index (χ4v) is 9.43. The molecular formula is C54H87NO15. The minimum atomic E-state index is -1.24. The van der Waals surface area contributed by atoms with Crippen LogP contribution < -0.4 is 0 Å². The average molecular weight is 990 g/mol. The molecule has 17 unspecified atom stereocenters. The third-order valence-corrected chi connectivity index (χ3v) is 14.1. The van der Waals surface area contributed by atoms with Crippen molar-refractivity contribution < 1.29 is 72.0 Å². The summed E-state index contributed by atoms with van der Waals surface area (Å²) in [5.41, 5.74) is 1.12. The number of carbonyl (C=O) groups excluding carboxylic acids is 4. The molecule has 0 radical (unpaired) electrons. The summed E-state index contributed by atoms with van der Waals surface area (Å²) in [6.07, 6.45) is 12.5. The van der Waals surface area contributed by atoms with Gasteiger partial charge in [-0.2, -0.15) is 0 Å². The van der Waals surface area contributed by atoms with Gasteiger partial charge in [-0.25, -0.2) is 9.59 Å². The Morgan fingerprint density at radius 2 is 1.46 bits per heavy atom. The minimum absolute atomic E-state index is 0.0438. The van der Waals surface area contributed by atoms with Crippen LogP contribution in [0, 0.1) is 35.5 Å². The zero-order valence-corrected chi connectivity index (χ0v) is 44.6. The third kappa shape index (κ3) is 19.3. The van der Waals surface area contributed by atoms with E-state index in [1.54, 1.807) is 67.0 Å². The van der Waals surface area contributed by atoms with Gasteiger partial charge in [0.05, 0.1) is 42.7 Å². The first-order valence-corrected chi connectivity index (χ1v) is 24.5. The number of ketones is 1. The Kier molecular flexibility index (Phi) is 28.7. The van der Waals surface area contributed by atoms with Crippen LogP contribution in [-0.4, -0.2) is 163 Å². The standard InChI is InChI=1S/C54H87NO15/c1-33-18-16-20-48(59)69-52(39(7)51(67-14)35(3)23-26-43(57)37(5)45(64-11)19-17-27-55(8)32-56)36(4)22-25-40(62-9)29-44(58)34(2)21-24-41(63-10)30-46(65-12)38(6)53-50(61)42(31-49(60)70-53)54(68-15)47(28-33)66-13/h16-18,20-22,24-25,27,31-32,34-41,44-47,50-54,58,61H,19,23,26,28-30H2,1-15H3. The van der Waals surface area contributed by atoms with Crippen LogP contribution in [0.1, 0.15) is 87.0 Å². The largest absolute Gasteiger partial charge is 0.458 e. The lowest BCUT2D eigenvalue weighted by atomic mass is 9.81. The molecule has 16 nitrogen and oxygen atoms in total. The molecule has 0 aromatic rings. The Morgan fingerprint density at radius 1 is 0.829 bits per heavy atom. The maximum Gasteiger partial charge on any atom is 0.331 e. The summed E-state index contributed by atoms with van der Waals surface area (Å²) in [6.45, 7) is 13.4. The van der Waals surface area contributed by atoms with Crippen LogP contribution in [0.25, 0.3) is 0 Å². The zero-order valence-electron chi connectivity index (χ0n) is 44.6. The summed E-state index contributed by atoms with van der Waals surface area (Å²) in [7, 11) is 12.5. The summed E-state index contributed by atoms with van der Waals surface area (Å²) in [6, 6.07) is 0. The van der Waals surface area contributed by atoms with Crippen molar-refractivity contribution in [1.29, 1.82) is 0 Å². The first kappa shape index (κ1) is 62.3. The number of cyclic esters (lactones) is 1. The van der Waals surface area contributed by atoms with E-state index in [1.807, 2.05) is 72.8 Å². The molecule has 17 atom stereocenters. The highest BCUT2D eigenvalue weighted by atomic mass is 16.6. The van der Waals surface area contributed by atoms with Gasteiger partial charge in [-0.15, -0.1) is 0 Å². The number of fused-ring (bicyclic) bond motifs is 2. The molecule has 0 aromatic heterocycles. The van der Waals surface area contributed by atoms with Crippen LogP contribution in [0.4, 0.5) is 0 Å². The van der Waals surface area contributed by atoms with E-state index in [0.717, 1.165) is 5.57 Å². The number of allylic oxidation sites excluding steroid dienone is 2. The second-order valence-corrected chi connectivity index (χ2v) is 19.1. The van der Waals surface area contributed by atoms with E-state index in [2.05, 4.69) is 0 Å². The number of nitrogens with zero attached hydrogens (tertiary/aromatic N) is 1. The number of aliphatic hydroxyl groups excluding tert-OH is 2. The summed E-state index contributed by atoms with van der Waals surface area (Å²) in [5.74, 6) is -3.15. The molecule has 0 aromatic carbocycles. The first-order valence-electron chi connectivity index (χ1n) is 24.5. The molecule has 16 heteroatoms. The van der Waals surface area contributed by atoms with Crippen LogP contribution in [-0.2, 0) is 61.8 Å². The SMILES string of the molecule is COC1C=CC(C)C(C(C)C(OC)C(C)CCC(=O)C(C)C(CC=CN(C)C=O)OC)OC(=O)C=CC=C(C)CC(OC)C(OC)C2=CC(=O)OC(C2O)C(C)C(OC)CC(OC)C=CC(C)C(O)C1. The molecule has 1 amide bonds. The molecule has 398 valence electrons. The summed E-state index contributed by atoms with van der Waals surface area (Å²) < 4.78 is 53.1. The minimum Gasteiger partial charge on any atom is -0.458 e. The number of carbonyl (C=O) groups is 4. The second kappa shape index (κ2) is 32.3. The van der Waals surface area contributed by atoms with Gasteiger partial charge in [0, 0.05) is 130 Å². The molecule has 2 aliphatic heterocycles. The normalized spacial score (nSPS) is 31.4. The van der Waals surface area contributed by atoms with Gasteiger partial charge in [0.25, 0.3) is 0 Å². The molecule has 2 bridgehead atoms. The van der Waals surface area contributed by atoms with Gasteiger partial charge in [-0.1, -0.05) is 89.6 Å². The van der Waals surface area contributed by atoms with Gasteiger partial charge in [-0.05, 0) is 32.1 Å². The second-order valence-electron chi connectivity index (χ2n) is 19.1. The molecule has 0 saturated heterocycles. The molecule has 0 saturated carbocycles. The van der Waals surface area contributed by atoms with Gasteiger partial charge in [-0.3, -0.25) is 9.59 Å². The molecule has 70 heavy (non-hydrogen) atoms. The van der Waals surface area contributed by atoms with Crippen molar-refractivity contribution in [3.05, 3.63) is 72.0 Å². The van der Waals surface area contributed by atoms with E-state index >= 15 is 0 Å². The van der Waals surface area contributed by atoms with E-state index < -0.39 is 84.8 Å². The number of methoxy groups -OCH3 is 7. The molecule has 2 N–H and O–H groups in total. The van der Waals surface area contributed by atoms with E-state index in [4.69, 9.17) is 42.6 Å². The fourth-order valence-electron chi connectivity index (χ4n) is 9.43. The Labute approximate surface area is 418 Å². The molecular weight excluding hydrogens is 903 g/mol. The van der Waals surface area contributed by atoms with Crippen molar-refractivity contribution in [2.24, 2.45) is 35.5 Å². The number of ether oxygens (including phenoxy) is 9.